The molecule has 0 bridgehead atoms. The number of rotatable bonds is 4. The Kier molecular flexibility index (Phi) is 5.65. The van der Waals surface area contributed by atoms with Gasteiger partial charge in [-0.2, -0.15) is 0 Å². The third-order valence-electron chi connectivity index (χ3n) is 10.5. The Balaban J connectivity index is 1.08. The molecule has 0 unspecified atom stereocenters. The summed E-state index contributed by atoms with van der Waals surface area (Å²) in [4.78, 5) is 9.56. The van der Waals surface area contributed by atoms with E-state index in [-0.39, 0.29) is 0 Å². The molecule has 0 saturated heterocycles. The molecular weight excluding hydrogens is 657 g/mol. The van der Waals surface area contributed by atoms with E-state index in [2.05, 4.69) is 81.9 Å². The summed E-state index contributed by atoms with van der Waals surface area (Å²) in [7, 11) is 0. The smallest absolute Gasteiger partial charge is 0.137 e. The lowest BCUT2D eigenvalue weighted by molar-refractivity contribution is 0.484. The van der Waals surface area contributed by atoms with Gasteiger partial charge in [0, 0.05) is 67.6 Å². The first-order valence-corrected chi connectivity index (χ1v) is 17.6. The van der Waals surface area contributed by atoms with Gasteiger partial charge in [0.2, 0.25) is 0 Å². The standard InChI is InChI=1S/C46H26N4O3/c1-3-11-37-31(9-1)45-39(52-37)21-19-33-43(45)29-17-15-27(25-35(29)49(33)41-13-5-7-23-47-41)51-28-16-18-30-36(26-28)50(42-14-6-8-24-48-42)34-20-22-40-46(44(30)34)32-10-2-4-12-38(32)53-40/h1-26H. The van der Waals surface area contributed by atoms with Crippen molar-refractivity contribution in [3.05, 3.63) is 158 Å². The van der Waals surface area contributed by atoms with Gasteiger partial charge in [0.15, 0.2) is 0 Å². The van der Waals surface area contributed by atoms with E-state index in [0.717, 1.165) is 99.1 Å². The van der Waals surface area contributed by atoms with Gasteiger partial charge < -0.3 is 13.6 Å². The average molecular weight is 683 g/mol. The van der Waals surface area contributed by atoms with Gasteiger partial charge in [-0.15, -0.1) is 0 Å². The van der Waals surface area contributed by atoms with Crippen LogP contribution in [-0.2, 0) is 0 Å². The van der Waals surface area contributed by atoms with Gasteiger partial charge in [0.25, 0.3) is 0 Å². The lowest BCUT2D eigenvalue weighted by atomic mass is 10.1. The number of benzene rings is 6. The Hall–Kier alpha value is -7.38. The molecule has 0 radical (unpaired) electrons. The number of ether oxygens (including phenoxy) is 1. The molecule has 0 amide bonds. The summed E-state index contributed by atoms with van der Waals surface area (Å²) in [5, 5.41) is 8.81. The van der Waals surface area contributed by atoms with Crippen LogP contribution in [0.2, 0.25) is 0 Å². The lowest BCUT2D eigenvalue weighted by Crippen LogP contribution is -1.97. The second-order valence-corrected chi connectivity index (χ2v) is 13.4. The van der Waals surface area contributed by atoms with E-state index < -0.39 is 0 Å². The van der Waals surface area contributed by atoms with Crippen molar-refractivity contribution in [3.63, 3.8) is 0 Å². The van der Waals surface area contributed by atoms with Crippen molar-refractivity contribution < 1.29 is 13.6 Å². The maximum absolute atomic E-state index is 6.75. The molecule has 6 aromatic heterocycles. The van der Waals surface area contributed by atoms with Gasteiger partial charge in [0.05, 0.1) is 22.1 Å². The highest BCUT2D eigenvalue weighted by Crippen LogP contribution is 2.44. The Morgan fingerprint density at radius 2 is 0.849 bits per heavy atom. The molecule has 0 N–H and O–H groups in total. The first kappa shape index (κ1) is 28.3. The predicted octanol–water partition coefficient (Wildman–Crippen LogP) is 12.3. The second kappa shape index (κ2) is 10.6. The molecule has 0 spiro atoms. The second-order valence-electron chi connectivity index (χ2n) is 13.4. The van der Waals surface area contributed by atoms with E-state index in [0.29, 0.717) is 11.5 Å². The SMILES string of the molecule is c1ccc(-n2c3cc(Oc4ccc5c6c7c(ccc6n(-c6ccccn6)c5c4)oc4ccccc47)ccc3c3c4c(ccc32)oc2ccccc24)nc1. The van der Waals surface area contributed by atoms with Crippen LogP contribution in [-0.4, -0.2) is 19.1 Å². The zero-order valence-corrected chi connectivity index (χ0v) is 28.0. The summed E-state index contributed by atoms with van der Waals surface area (Å²) in [6, 6.07) is 49.4. The van der Waals surface area contributed by atoms with E-state index in [1.54, 1.807) is 0 Å². The van der Waals surface area contributed by atoms with Crippen molar-refractivity contribution >= 4 is 87.5 Å². The largest absolute Gasteiger partial charge is 0.457 e. The Morgan fingerprint density at radius 3 is 1.32 bits per heavy atom. The topological polar surface area (TPSA) is 71.2 Å². The molecule has 0 fully saturated rings. The Morgan fingerprint density at radius 1 is 0.377 bits per heavy atom. The van der Waals surface area contributed by atoms with E-state index in [4.69, 9.17) is 23.5 Å². The third-order valence-corrected chi connectivity index (χ3v) is 10.5. The van der Waals surface area contributed by atoms with Crippen molar-refractivity contribution in [2.75, 3.05) is 0 Å². The number of hydrogen-bond acceptors (Lipinski definition) is 5. The lowest BCUT2D eigenvalue weighted by Gasteiger charge is -2.10. The quantitative estimate of drug-likeness (QED) is 0.185. The van der Waals surface area contributed by atoms with Gasteiger partial charge in [-0.3, -0.25) is 9.13 Å². The molecule has 12 aromatic rings. The minimum Gasteiger partial charge on any atom is -0.457 e. The van der Waals surface area contributed by atoms with E-state index >= 15 is 0 Å². The maximum atomic E-state index is 6.75. The summed E-state index contributed by atoms with van der Waals surface area (Å²) in [6.07, 6.45) is 3.66. The molecule has 53 heavy (non-hydrogen) atoms. The number of aromatic nitrogens is 4. The molecule has 6 aromatic carbocycles. The van der Waals surface area contributed by atoms with Crippen LogP contribution in [0.5, 0.6) is 11.5 Å². The number of furan rings is 2. The summed E-state index contributed by atoms with van der Waals surface area (Å²) in [6.45, 7) is 0. The fourth-order valence-corrected chi connectivity index (χ4v) is 8.33. The number of nitrogens with zero attached hydrogens (tertiary/aromatic N) is 4. The fourth-order valence-electron chi connectivity index (χ4n) is 8.33. The zero-order valence-electron chi connectivity index (χ0n) is 28.0. The van der Waals surface area contributed by atoms with Gasteiger partial charge >= 0.3 is 0 Å². The normalized spacial score (nSPS) is 12.2. The summed E-state index contributed by atoms with van der Waals surface area (Å²) < 4.78 is 23.8. The van der Waals surface area contributed by atoms with Crippen LogP contribution in [0.25, 0.3) is 99.1 Å². The fraction of sp³-hybridized carbons (Fsp3) is 0. The molecule has 12 rings (SSSR count). The summed E-state index contributed by atoms with van der Waals surface area (Å²) >= 11 is 0. The molecule has 7 heteroatoms. The zero-order chi connectivity index (χ0) is 34.6. The molecular formula is C46H26N4O3. The van der Waals surface area contributed by atoms with Crippen LogP contribution >= 0.6 is 0 Å². The Labute approximate surface area is 300 Å². The summed E-state index contributed by atoms with van der Waals surface area (Å²) in [5.74, 6) is 3.09. The monoisotopic (exact) mass is 682 g/mol. The van der Waals surface area contributed by atoms with Crippen LogP contribution in [0, 0.1) is 0 Å². The van der Waals surface area contributed by atoms with Gasteiger partial charge in [-0.1, -0.05) is 48.5 Å². The molecule has 6 heterocycles. The third kappa shape index (κ3) is 3.98. The Bertz CT molecular complexity index is 3200. The molecule has 0 saturated carbocycles. The molecule has 0 aliphatic carbocycles. The van der Waals surface area contributed by atoms with Crippen molar-refractivity contribution in [3.8, 4) is 23.1 Å². The van der Waals surface area contributed by atoms with Gasteiger partial charge in [0.1, 0.15) is 45.5 Å². The van der Waals surface area contributed by atoms with Gasteiger partial charge in [-0.25, -0.2) is 9.97 Å². The molecule has 0 atom stereocenters. The number of fused-ring (bicyclic) bond motifs is 14. The van der Waals surface area contributed by atoms with Crippen LogP contribution < -0.4 is 4.74 Å². The van der Waals surface area contributed by atoms with Crippen molar-refractivity contribution in [1.82, 2.24) is 19.1 Å². The van der Waals surface area contributed by atoms with E-state index in [1.807, 2.05) is 85.2 Å². The van der Waals surface area contributed by atoms with Crippen LogP contribution in [0.15, 0.2) is 167 Å². The molecule has 0 aliphatic heterocycles. The minimum atomic E-state index is 0.717. The van der Waals surface area contributed by atoms with Gasteiger partial charge in [-0.05, 0) is 84.9 Å². The number of hydrogen-bond donors (Lipinski definition) is 0. The first-order chi connectivity index (χ1) is 26.3. The maximum Gasteiger partial charge on any atom is 0.137 e. The number of para-hydroxylation sites is 2. The molecule has 7 nitrogen and oxygen atoms in total. The first-order valence-electron chi connectivity index (χ1n) is 17.6. The van der Waals surface area contributed by atoms with Crippen LogP contribution in [0.4, 0.5) is 0 Å². The van der Waals surface area contributed by atoms with Crippen molar-refractivity contribution in [2.24, 2.45) is 0 Å². The van der Waals surface area contributed by atoms with E-state index in [1.165, 1.54) is 0 Å². The molecule has 248 valence electrons. The number of pyridine rings is 2. The minimum absolute atomic E-state index is 0.717. The molecule has 0 aliphatic rings. The van der Waals surface area contributed by atoms with Crippen molar-refractivity contribution in [2.45, 2.75) is 0 Å². The highest BCUT2D eigenvalue weighted by atomic mass is 16.5. The van der Waals surface area contributed by atoms with Crippen LogP contribution in [0.1, 0.15) is 0 Å². The highest BCUT2D eigenvalue weighted by molar-refractivity contribution is 6.28. The highest BCUT2D eigenvalue weighted by Gasteiger charge is 2.22. The van der Waals surface area contributed by atoms with Crippen molar-refractivity contribution in [1.29, 1.82) is 0 Å². The predicted molar refractivity (Wildman–Crippen MR) is 212 cm³/mol. The summed E-state index contributed by atoms with van der Waals surface area (Å²) in [5.41, 5.74) is 7.54. The van der Waals surface area contributed by atoms with Crippen LogP contribution in [0.3, 0.4) is 0 Å². The average Bonchev–Trinajstić information content (AvgIpc) is 3.95. The van der Waals surface area contributed by atoms with E-state index in [9.17, 15) is 0 Å².